The Morgan fingerprint density at radius 3 is 2.39 bits per heavy atom. The molecule has 1 heterocycles. The molecule has 0 aromatic carbocycles. The quantitative estimate of drug-likeness (QED) is 0.831. The molecule has 0 radical (unpaired) electrons. The topological polar surface area (TPSA) is 26.7 Å². The van der Waals surface area contributed by atoms with Crippen LogP contribution in [0.3, 0.4) is 0 Å². The van der Waals surface area contributed by atoms with E-state index in [9.17, 15) is 5.11 Å². The van der Waals surface area contributed by atoms with Gasteiger partial charge in [-0.25, -0.2) is 0 Å². The van der Waals surface area contributed by atoms with Crippen molar-refractivity contribution in [1.29, 1.82) is 0 Å². The third-order valence-electron chi connectivity index (χ3n) is 5.24. The summed E-state index contributed by atoms with van der Waals surface area (Å²) in [6.45, 7) is 13.5. The van der Waals surface area contributed by atoms with E-state index in [4.69, 9.17) is 0 Å². The number of aliphatic hydroxyl groups is 1. The van der Waals surface area contributed by atoms with Gasteiger partial charge in [-0.1, -0.05) is 27.7 Å². The van der Waals surface area contributed by atoms with Crippen LogP contribution < -0.4 is 0 Å². The van der Waals surface area contributed by atoms with Crippen LogP contribution in [0.25, 0.3) is 0 Å². The second-order valence-corrected chi connectivity index (χ2v) is 6.70. The van der Waals surface area contributed by atoms with Gasteiger partial charge in [0.15, 0.2) is 0 Å². The summed E-state index contributed by atoms with van der Waals surface area (Å²) >= 11 is 0. The monoisotopic (exact) mass is 254 g/mol. The van der Waals surface area contributed by atoms with Gasteiger partial charge in [0.25, 0.3) is 0 Å². The number of likely N-dealkylation sites (tertiary alicyclic amines) is 1. The molecule has 106 valence electrons. The summed E-state index contributed by atoms with van der Waals surface area (Å²) < 4.78 is 0. The van der Waals surface area contributed by atoms with E-state index in [1.54, 1.807) is 0 Å². The molecule has 1 saturated heterocycles. The lowest BCUT2D eigenvalue weighted by molar-refractivity contribution is 0.0201. The van der Waals surface area contributed by atoms with Crippen LogP contribution in [-0.4, -0.2) is 59.3 Å². The number of likely N-dealkylation sites (N-methyl/N-ethyl adjacent to an activating group) is 1. The standard InChI is InChI=1S/C15H30N2O/c1-5-16(6-2)12-8-10-17(11-12)13-7-9-15(3,4)14(13)18/h12-14,18H,5-11H2,1-4H3. The van der Waals surface area contributed by atoms with Gasteiger partial charge in [0.1, 0.15) is 0 Å². The van der Waals surface area contributed by atoms with Crippen molar-refractivity contribution in [2.24, 2.45) is 5.41 Å². The highest BCUT2D eigenvalue weighted by Crippen LogP contribution is 2.40. The van der Waals surface area contributed by atoms with Gasteiger partial charge in [0, 0.05) is 25.2 Å². The zero-order chi connectivity index (χ0) is 13.3. The highest BCUT2D eigenvalue weighted by molar-refractivity contribution is 4.99. The lowest BCUT2D eigenvalue weighted by atomic mass is 9.88. The van der Waals surface area contributed by atoms with E-state index in [0.717, 1.165) is 26.1 Å². The largest absolute Gasteiger partial charge is 0.391 e. The van der Waals surface area contributed by atoms with Crippen LogP contribution in [0.4, 0.5) is 0 Å². The van der Waals surface area contributed by atoms with Crippen LogP contribution in [0.5, 0.6) is 0 Å². The van der Waals surface area contributed by atoms with Gasteiger partial charge in [0.2, 0.25) is 0 Å². The Morgan fingerprint density at radius 2 is 1.89 bits per heavy atom. The molecule has 3 heteroatoms. The third kappa shape index (κ3) is 2.59. The summed E-state index contributed by atoms with van der Waals surface area (Å²) in [6.07, 6.45) is 3.45. The van der Waals surface area contributed by atoms with Crippen molar-refractivity contribution in [2.45, 2.75) is 65.1 Å². The fourth-order valence-corrected chi connectivity index (χ4v) is 3.84. The Bertz CT molecular complexity index is 276. The zero-order valence-corrected chi connectivity index (χ0v) is 12.5. The van der Waals surface area contributed by atoms with Crippen molar-refractivity contribution in [1.82, 2.24) is 9.80 Å². The first kappa shape index (κ1) is 14.3. The molecule has 0 aromatic heterocycles. The van der Waals surface area contributed by atoms with Crippen LogP contribution >= 0.6 is 0 Å². The zero-order valence-electron chi connectivity index (χ0n) is 12.5. The number of aliphatic hydroxyl groups excluding tert-OH is 1. The molecule has 0 aromatic rings. The predicted octanol–water partition coefficient (Wildman–Crippen LogP) is 1.95. The van der Waals surface area contributed by atoms with Crippen molar-refractivity contribution in [3.8, 4) is 0 Å². The molecule has 1 N–H and O–H groups in total. The molecule has 2 aliphatic rings. The van der Waals surface area contributed by atoms with Crippen LogP contribution in [0.2, 0.25) is 0 Å². The Labute approximate surface area is 112 Å². The Morgan fingerprint density at radius 1 is 1.22 bits per heavy atom. The molecule has 18 heavy (non-hydrogen) atoms. The lowest BCUT2D eigenvalue weighted by Crippen LogP contribution is -2.45. The molecule has 1 aliphatic carbocycles. The lowest BCUT2D eigenvalue weighted by Gasteiger charge is -2.32. The summed E-state index contributed by atoms with van der Waals surface area (Å²) in [4.78, 5) is 5.11. The predicted molar refractivity (Wildman–Crippen MR) is 75.7 cm³/mol. The highest BCUT2D eigenvalue weighted by Gasteiger charge is 2.45. The maximum atomic E-state index is 10.5. The van der Waals surface area contributed by atoms with E-state index >= 15 is 0 Å². The van der Waals surface area contributed by atoms with Crippen LogP contribution in [-0.2, 0) is 0 Å². The van der Waals surface area contributed by atoms with Gasteiger partial charge in [0.05, 0.1) is 6.10 Å². The van der Waals surface area contributed by atoms with Gasteiger partial charge < -0.3 is 5.11 Å². The summed E-state index contributed by atoms with van der Waals surface area (Å²) in [5, 5.41) is 10.5. The van der Waals surface area contributed by atoms with Crippen molar-refractivity contribution in [3.63, 3.8) is 0 Å². The van der Waals surface area contributed by atoms with Gasteiger partial charge in [-0.2, -0.15) is 0 Å². The molecule has 2 rings (SSSR count). The molecule has 3 unspecified atom stereocenters. The summed E-state index contributed by atoms with van der Waals surface area (Å²) in [6, 6.07) is 1.11. The van der Waals surface area contributed by atoms with Crippen molar-refractivity contribution >= 4 is 0 Å². The molecular formula is C15H30N2O. The maximum absolute atomic E-state index is 10.5. The van der Waals surface area contributed by atoms with Gasteiger partial charge in [-0.05, 0) is 37.8 Å². The van der Waals surface area contributed by atoms with Crippen molar-refractivity contribution < 1.29 is 5.11 Å². The first-order valence-electron chi connectivity index (χ1n) is 7.65. The molecule has 0 bridgehead atoms. The molecule has 0 amide bonds. The van der Waals surface area contributed by atoms with Crippen LogP contribution in [0.1, 0.15) is 47.0 Å². The molecule has 0 spiro atoms. The van der Waals surface area contributed by atoms with Crippen LogP contribution in [0, 0.1) is 5.41 Å². The minimum atomic E-state index is -0.145. The van der Waals surface area contributed by atoms with Crippen molar-refractivity contribution in [2.75, 3.05) is 26.2 Å². The number of hydrogen-bond acceptors (Lipinski definition) is 3. The molecule has 1 saturated carbocycles. The van der Waals surface area contributed by atoms with E-state index in [1.165, 1.54) is 19.4 Å². The van der Waals surface area contributed by atoms with E-state index in [1.807, 2.05) is 0 Å². The molecule has 2 fully saturated rings. The normalized spacial score (nSPS) is 36.7. The number of rotatable bonds is 4. The van der Waals surface area contributed by atoms with Gasteiger partial charge in [-0.15, -0.1) is 0 Å². The molecule has 1 aliphatic heterocycles. The molecule has 3 nitrogen and oxygen atoms in total. The van der Waals surface area contributed by atoms with E-state index in [-0.39, 0.29) is 11.5 Å². The average Bonchev–Trinajstić information content (AvgIpc) is 2.89. The summed E-state index contributed by atoms with van der Waals surface area (Å²) in [5.41, 5.74) is 0.109. The minimum absolute atomic E-state index is 0.109. The SMILES string of the molecule is CCN(CC)C1CCN(C2CCC(C)(C)C2O)C1. The van der Waals surface area contributed by atoms with Crippen molar-refractivity contribution in [3.05, 3.63) is 0 Å². The molecule has 3 atom stereocenters. The maximum Gasteiger partial charge on any atom is 0.0746 e. The highest BCUT2D eigenvalue weighted by atomic mass is 16.3. The fraction of sp³-hybridized carbons (Fsp3) is 1.00. The smallest absolute Gasteiger partial charge is 0.0746 e. The summed E-state index contributed by atoms with van der Waals surface area (Å²) in [7, 11) is 0. The minimum Gasteiger partial charge on any atom is -0.391 e. The Balaban J connectivity index is 1.93. The first-order chi connectivity index (χ1) is 8.49. The Kier molecular flexibility index (Phi) is 4.35. The third-order valence-corrected chi connectivity index (χ3v) is 5.24. The Hall–Kier alpha value is -0.120. The van der Waals surface area contributed by atoms with Gasteiger partial charge in [-0.3, -0.25) is 9.80 Å². The van der Waals surface area contributed by atoms with Gasteiger partial charge >= 0.3 is 0 Å². The molecular weight excluding hydrogens is 224 g/mol. The van der Waals surface area contributed by atoms with E-state index in [2.05, 4.69) is 37.5 Å². The first-order valence-corrected chi connectivity index (χ1v) is 7.65. The van der Waals surface area contributed by atoms with E-state index < -0.39 is 0 Å². The number of hydrogen-bond donors (Lipinski definition) is 1. The second-order valence-electron chi connectivity index (χ2n) is 6.70. The van der Waals surface area contributed by atoms with Crippen LogP contribution in [0.15, 0.2) is 0 Å². The second kappa shape index (κ2) is 5.48. The summed E-state index contributed by atoms with van der Waals surface area (Å²) in [5.74, 6) is 0. The number of nitrogens with zero attached hydrogens (tertiary/aromatic N) is 2. The fourth-order valence-electron chi connectivity index (χ4n) is 3.84. The van der Waals surface area contributed by atoms with E-state index in [0.29, 0.717) is 12.1 Å². The average molecular weight is 254 g/mol.